The molecular weight excluding hydrogens is 437 g/mol. The van der Waals surface area contributed by atoms with Crippen LogP contribution in [0, 0.1) is 13.8 Å². The normalized spacial score (nSPS) is 11.9. The van der Waals surface area contributed by atoms with Crippen molar-refractivity contribution in [3.8, 4) is 11.5 Å². The van der Waals surface area contributed by atoms with E-state index >= 15 is 0 Å². The number of para-hydroxylation sites is 2. The molecule has 0 bridgehead atoms. The smallest absolute Gasteiger partial charge is 0.417 e. The molecule has 4 aromatic rings. The van der Waals surface area contributed by atoms with Crippen LogP contribution in [0.15, 0.2) is 102 Å². The predicted octanol–water partition coefficient (Wildman–Crippen LogP) is 5.83. The zero-order valence-electron chi connectivity index (χ0n) is 18.0. The summed E-state index contributed by atoms with van der Waals surface area (Å²) in [6.45, 7) is 1.36. The second-order valence-corrected chi connectivity index (χ2v) is 10.2. The summed E-state index contributed by atoms with van der Waals surface area (Å²) in [4.78, 5) is 4.49. The van der Waals surface area contributed by atoms with Crippen molar-refractivity contribution in [1.29, 1.82) is 0 Å². The first-order valence-corrected chi connectivity index (χ1v) is 12.8. The van der Waals surface area contributed by atoms with Crippen LogP contribution in [0.2, 0.25) is 0 Å². The molecule has 0 aliphatic carbocycles. The van der Waals surface area contributed by atoms with Crippen LogP contribution in [-0.2, 0) is 18.4 Å². The Balaban J connectivity index is 1.79. The average molecular weight is 462 g/mol. The number of aryl methyl sites for hydroxylation is 2. The summed E-state index contributed by atoms with van der Waals surface area (Å²) in [6, 6.07) is 27.4. The number of hydrogen-bond acceptors (Lipinski definition) is 4. The van der Waals surface area contributed by atoms with E-state index in [0.29, 0.717) is 23.7 Å². The second kappa shape index (κ2) is 9.94. The van der Waals surface area contributed by atoms with Gasteiger partial charge in [-0.1, -0.05) is 66.7 Å². The maximum atomic E-state index is 6.28. The molecule has 0 atom stereocenters. The zero-order chi connectivity index (χ0) is 22.4. The van der Waals surface area contributed by atoms with Gasteiger partial charge in [0.2, 0.25) is 5.62 Å². The summed E-state index contributed by atoms with van der Waals surface area (Å²) >= 11 is 5.94. The molecule has 0 fully saturated rings. The molecule has 0 amide bonds. The lowest BCUT2D eigenvalue weighted by Gasteiger charge is -2.21. The number of benzene rings is 3. The van der Waals surface area contributed by atoms with Crippen LogP contribution >= 0.6 is 6.64 Å². The third kappa shape index (κ3) is 5.52. The number of rotatable bonds is 7. The summed E-state index contributed by atoms with van der Waals surface area (Å²) < 4.78 is 19.3. The maximum absolute atomic E-state index is 6.28. The third-order valence-electron chi connectivity index (χ3n) is 4.82. The Labute approximate surface area is 193 Å². The SMILES string of the molecule is Cc1ccccc1OP(=S)(/N=c1\ncccn1Cc1ccccc1)Oc1ccccc1C. The molecule has 0 unspecified atom stereocenters. The van der Waals surface area contributed by atoms with Gasteiger partial charge in [-0.25, -0.2) is 4.98 Å². The Morgan fingerprint density at radius 1 is 0.812 bits per heavy atom. The van der Waals surface area contributed by atoms with Crippen molar-refractivity contribution in [3.05, 3.63) is 120 Å². The van der Waals surface area contributed by atoms with E-state index in [9.17, 15) is 0 Å². The average Bonchev–Trinajstić information content (AvgIpc) is 2.79. The summed E-state index contributed by atoms with van der Waals surface area (Å²) in [6.07, 6.45) is 3.63. The van der Waals surface area contributed by atoms with Gasteiger partial charge in [0.05, 0.1) is 6.54 Å². The van der Waals surface area contributed by atoms with Gasteiger partial charge in [-0.15, -0.1) is 4.76 Å². The maximum Gasteiger partial charge on any atom is 0.417 e. The van der Waals surface area contributed by atoms with Gasteiger partial charge in [-0.3, -0.25) is 0 Å². The molecule has 1 heterocycles. The van der Waals surface area contributed by atoms with E-state index in [1.807, 2.05) is 97.4 Å². The van der Waals surface area contributed by atoms with Gasteiger partial charge in [0.25, 0.3) is 0 Å². The van der Waals surface area contributed by atoms with Crippen LogP contribution in [-0.4, -0.2) is 9.55 Å². The van der Waals surface area contributed by atoms with Crippen molar-refractivity contribution < 1.29 is 9.05 Å². The summed E-state index contributed by atoms with van der Waals surface area (Å²) in [5.41, 5.74) is 3.52. The highest BCUT2D eigenvalue weighted by Crippen LogP contribution is 2.51. The first kappa shape index (κ1) is 22.0. The third-order valence-corrected chi connectivity index (χ3v) is 6.79. The first-order chi connectivity index (χ1) is 15.5. The van der Waals surface area contributed by atoms with Crippen LogP contribution in [0.5, 0.6) is 11.5 Å². The van der Waals surface area contributed by atoms with Gasteiger partial charge in [0.15, 0.2) is 0 Å². The van der Waals surface area contributed by atoms with Gasteiger partial charge in [-0.2, -0.15) is 0 Å². The Bertz CT molecular complexity index is 1270. The lowest BCUT2D eigenvalue weighted by atomic mass is 10.2. The monoisotopic (exact) mass is 461 g/mol. The Hall–Kier alpha value is -3.21. The standard InChI is InChI=1S/C25H24N3O2PS/c1-20-11-6-8-15-23(20)29-31(32,30-24-16-9-7-12-21(24)2)27-25-26-17-10-18-28(25)19-22-13-4-3-5-14-22/h3-18H,19H2,1-2H3/b27-25+. The zero-order valence-corrected chi connectivity index (χ0v) is 19.7. The molecular formula is C25H24N3O2PS. The highest BCUT2D eigenvalue weighted by molar-refractivity contribution is 8.09. The largest absolute Gasteiger partial charge is 0.419 e. The Morgan fingerprint density at radius 3 is 1.97 bits per heavy atom. The van der Waals surface area contributed by atoms with Crippen molar-refractivity contribution in [1.82, 2.24) is 9.55 Å². The molecule has 162 valence electrons. The van der Waals surface area contributed by atoms with Crippen molar-refractivity contribution in [3.63, 3.8) is 0 Å². The molecule has 5 nitrogen and oxygen atoms in total. The predicted molar refractivity (Wildman–Crippen MR) is 131 cm³/mol. The summed E-state index contributed by atoms with van der Waals surface area (Å²) in [5, 5.41) is 0. The summed E-state index contributed by atoms with van der Waals surface area (Å²) in [7, 11) is 0. The molecule has 7 heteroatoms. The second-order valence-electron chi connectivity index (χ2n) is 7.32. The molecule has 4 rings (SSSR count). The molecule has 0 N–H and O–H groups in total. The van der Waals surface area contributed by atoms with Crippen molar-refractivity contribution in [2.75, 3.05) is 0 Å². The van der Waals surface area contributed by atoms with Crippen molar-refractivity contribution in [2.45, 2.75) is 20.4 Å². The quantitative estimate of drug-likeness (QED) is 0.325. The number of nitrogens with zero attached hydrogens (tertiary/aromatic N) is 3. The highest BCUT2D eigenvalue weighted by Gasteiger charge is 2.24. The van der Waals surface area contributed by atoms with E-state index < -0.39 is 6.64 Å². The Kier molecular flexibility index (Phi) is 6.84. The van der Waals surface area contributed by atoms with Gasteiger partial charge in [0.1, 0.15) is 11.5 Å². The van der Waals surface area contributed by atoms with E-state index in [2.05, 4.69) is 17.1 Å². The molecule has 0 aliphatic heterocycles. The fourth-order valence-electron chi connectivity index (χ4n) is 3.11. The highest BCUT2D eigenvalue weighted by atomic mass is 32.5. The van der Waals surface area contributed by atoms with Gasteiger partial charge in [0, 0.05) is 24.2 Å². The van der Waals surface area contributed by atoms with E-state index in [4.69, 9.17) is 25.6 Å². The first-order valence-electron chi connectivity index (χ1n) is 10.2. The van der Waals surface area contributed by atoms with Crippen LogP contribution in [0.1, 0.15) is 16.7 Å². The minimum absolute atomic E-state index is 0.460. The fourth-order valence-corrected chi connectivity index (χ4v) is 5.23. The van der Waals surface area contributed by atoms with Crippen molar-refractivity contribution in [2.24, 2.45) is 4.76 Å². The minimum Gasteiger partial charge on any atom is -0.419 e. The van der Waals surface area contributed by atoms with Gasteiger partial charge < -0.3 is 13.6 Å². The molecule has 0 spiro atoms. The lowest BCUT2D eigenvalue weighted by molar-refractivity contribution is 0.480. The van der Waals surface area contributed by atoms with E-state index in [1.165, 1.54) is 0 Å². The Morgan fingerprint density at radius 2 is 1.38 bits per heavy atom. The number of hydrogen-bond donors (Lipinski definition) is 0. The van der Waals surface area contributed by atoms with Crippen molar-refractivity contribution >= 4 is 18.4 Å². The van der Waals surface area contributed by atoms with Crippen LogP contribution in [0.3, 0.4) is 0 Å². The fraction of sp³-hybridized carbons (Fsp3) is 0.120. The molecule has 3 aromatic carbocycles. The van der Waals surface area contributed by atoms with E-state index in [0.717, 1.165) is 16.7 Å². The molecule has 0 radical (unpaired) electrons. The minimum atomic E-state index is -3.20. The van der Waals surface area contributed by atoms with Crippen LogP contribution < -0.4 is 14.7 Å². The van der Waals surface area contributed by atoms with Gasteiger partial charge in [-0.05, 0) is 48.7 Å². The molecule has 0 aliphatic rings. The van der Waals surface area contributed by atoms with E-state index in [-0.39, 0.29) is 0 Å². The number of aromatic nitrogens is 2. The van der Waals surface area contributed by atoms with Crippen LogP contribution in [0.25, 0.3) is 0 Å². The molecule has 0 saturated carbocycles. The van der Waals surface area contributed by atoms with Crippen LogP contribution in [0.4, 0.5) is 0 Å². The molecule has 1 aromatic heterocycles. The molecule has 32 heavy (non-hydrogen) atoms. The van der Waals surface area contributed by atoms with E-state index in [1.54, 1.807) is 6.20 Å². The van der Waals surface area contributed by atoms with Gasteiger partial charge >= 0.3 is 6.64 Å². The molecule has 0 saturated heterocycles. The lowest BCUT2D eigenvalue weighted by Crippen LogP contribution is -2.24. The summed E-state index contributed by atoms with van der Waals surface area (Å²) in [5.74, 6) is 1.30. The topological polar surface area (TPSA) is 48.6 Å².